The summed E-state index contributed by atoms with van der Waals surface area (Å²) in [5, 5.41) is 3.39. The number of aryl methyl sites for hydroxylation is 1. The topological polar surface area (TPSA) is 36.9 Å². The highest BCUT2D eigenvalue weighted by Gasteiger charge is 2.18. The molecule has 0 aromatic heterocycles. The highest BCUT2D eigenvalue weighted by molar-refractivity contribution is 14.0. The third-order valence-electron chi connectivity index (χ3n) is 4.04. The number of nitrogens with zero attached hydrogens (tertiary/aromatic N) is 2. The minimum Gasteiger partial charge on any atom is -0.381 e. The van der Waals surface area contributed by atoms with Gasteiger partial charge in [-0.05, 0) is 32.3 Å². The van der Waals surface area contributed by atoms with Crippen molar-refractivity contribution in [2.45, 2.75) is 26.7 Å². The summed E-state index contributed by atoms with van der Waals surface area (Å²) in [6.45, 7) is 8.74. The lowest BCUT2D eigenvalue weighted by molar-refractivity contribution is 0.181. The molecule has 23 heavy (non-hydrogen) atoms. The van der Waals surface area contributed by atoms with E-state index in [2.05, 4.69) is 55.4 Å². The zero-order valence-electron chi connectivity index (χ0n) is 14.5. The Morgan fingerprint density at radius 3 is 2.70 bits per heavy atom. The lowest BCUT2D eigenvalue weighted by Gasteiger charge is -2.24. The van der Waals surface area contributed by atoms with Gasteiger partial charge in [0.15, 0.2) is 5.96 Å². The van der Waals surface area contributed by atoms with Gasteiger partial charge in [-0.1, -0.05) is 29.8 Å². The normalized spacial score (nSPS) is 17.7. The Hall–Kier alpha value is -0.820. The summed E-state index contributed by atoms with van der Waals surface area (Å²) in [7, 11) is 2.12. The molecule has 1 atom stereocenters. The van der Waals surface area contributed by atoms with Crippen LogP contribution in [0.25, 0.3) is 0 Å². The SMILES string of the molecule is CCNC(=NCCc1ccc(C)cc1)N(C)CC1CCOC1.I. The first-order chi connectivity index (χ1) is 10.7. The fraction of sp³-hybridized carbons (Fsp3) is 0.611. The molecular weight excluding hydrogens is 401 g/mol. The number of hydrogen-bond acceptors (Lipinski definition) is 2. The number of nitrogens with one attached hydrogen (secondary N) is 1. The van der Waals surface area contributed by atoms with E-state index in [0.717, 1.165) is 51.6 Å². The van der Waals surface area contributed by atoms with Crippen molar-refractivity contribution in [2.24, 2.45) is 10.9 Å². The van der Waals surface area contributed by atoms with E-state index in [1.807, 2.05) is 0 Å². The number of hydrogen-bond donors (Lipinski definition) is 1. The summed E-state index contributed by atoms with van der Waals surface area (Å²) in [5.74, 6) is 1.63. The third-order valence-corrected chi connectivity index (χ3v) is 4.04. The average Bonchev–Trinajstić information content (AvgIpc) is 3.01. The van der Waals surface area contributed by atoms with Crippen LogP contribution in [-0.2, 0) is 11.2 Å². The van der Waals surface area contributed by atoms with Crippen molar-refractivity contribution in [1.29, 1.82) is 0 Å². The lowest BCUT2D eigenvalue weighted by Crippen LogP contribution is -2.41. The standard InChI is InChI=1S/C18H29N3O.HI/c1-4-19-18(21(3)13-17-10-12-22-14-17)20-11-9-16-7-5-15(2)6-8-16;/h5-8,17H,4,9-14H2,1-3H3,(H,19,20);1H. The van der Waals surface area contributed by atoms with Crippen LogP contribution in [0.5, 0.6) is 0 Å². The predicted molar refractivity (Wildman–Crippen MR) is 108 cm³/mol. The summed E-state index contributed by atoms with van der Waals surface area (Å²) in [4.78, 5) is 7.00. The van der Waals surface area contributed by atoms with E-state index < -0.39 is 0 Å². The molecule has 4 nitrogen and oxygen atoms in total. The van der Waals surface area contributed by atoms with Gasteiger partial charge in [-0.15, -0.1) is 24.0 Å². The van der Waals surface area contributed by atoms with Gasteiger partial charge in [0.05, 0.1) is 6.61 Å². The fourth-order valence-electron chi connectivity index (χ4n) is 2.72. The van der Waals surface area contributed by atoms with Gasteiger partial charge in [0, 0.05) is 39.2 Å². The number of halogens is 1. The van der Waals surface area contributed by atoms with Gasteiger partial charge in [0.25, 0.3) is 0 Å². The molecule has 5 heteroatoms. The molecule has 1 N–H and O–H groups in total. The van der Waals surface area contributed by atoms with Gasteiger partial charge >= 0.3 is 0 Å². The Balaban J connectivity index is 0.00000264. The van der Waals surface area contributed by atoms with Crippen LogP contribution in [0.15, 0.2) is 29.3 Å². The minimum absolute atomic E-state index is 0. The van der Waals surface area contributed by atoms with E-state index in [0.29, 0.717) is 5.92 Å². The zero-order valence-corrected chi connectivity index (χ0v) is 16.9. The van der Waals surface area contributed by atoms with Crippen LogP contribution in [0.3, 0.4) is 0 Å². The second-order valence-electron chi connectivity index (χ2n) is 6.08. The van der Waals surface area contributed by atoms with Crippen LogP contribution < -0.4 is 5.32 Å². The van der Waals surface area contributed by atoms with E-state index in [1.54, 1.807) is 0 Å². The third kappa shape index (κ3) is 7.08. The number of aliphatic imine (C=N–C) groups is 1. The maximum Gasteiger partial charge on any atom is 0.193 e. The van der Waals surface area contributed by atoms with Crippen molar-refractivity contribution in [1.82, 2.24) is 10.2 Å². The van der Waals surface area contributed by atoms with Crippen molar-refractivity contribution in [2.75, 3.05) is 39.9 Å². The first kappa shape index (κ1) is 20.2. The van der Waals surface area contributed by atoms with Crippen LogP contribution >= 0.6 is 24.0 Å². The van der Waals surface area contributed by atoms with E-state index >= 15 is 0 Å². The van der Waals surface area contributed by atoms with Crippen molar-refractivity contribution in [3.8, 4) is 0 Å². The van der Waals surface area contributed by atoms with Crippen molar-refractivity contribution in [3.63, 3.8) is 0 Å². The average molecular weight is 431 g/mol. The molecular formula is C18H30IN3O. The Labute approximate surface area is 157 Å². The van der Waals surface area contributed by atoms with Crippen LogP contribution in [0.4, 0.5) is 0 Å². The second kappa shape index (κ2) is 10.9. The summed E-state index contributed by atoms with van der Waals surface area (Å²) in [6, 6.07) is 8.71. The maximum atomic E-state index is 5.46. The fourth-order valence-corrected chi connectivity index (χ4v) is 2.72. The van der Waals surface area contributed by atoms with E-state index in [4.69, 9.17) is 9.73 Å². The lowest BCUT2D eigenvalue weighted by atomic mass is 10.1. The molecule has 1 saturated heterocycles. The number of benzene rings is 1. The highest BCUT2D eigenvalue weighted by atomic mass is 127. The maximum absolute atomic E-state index is 5.46. The first-order valence-electron chi connectivity index (χ1n) is 8.31. The number of guanidine groups is 1. The van der Waals surface area contributed by atoms with Gasteiger partial charge in [0.2, 0.25) is 0 Å². The molecule has 1 aromatic rings. The quantitative estimate of drug-likeness (QED) is 0.427. The molecule has 0 aliphatic carbocycles. The van der Waals surface area contributed by atoms with Crippen LogP contribution in [-0.4, -0.2) is 50.8 Å². The first-order valence-corrected chi connectivity index (χ1v) is 8.31. The highest BCUT2D eigenvalue weighted by Crippen LogP contribution is 2.13. The molecule has 0 amide bonds. The minimum atomic E-state index is 0. The molecule has 0 radical (unpaired) electrons. The number of rotatable bonds is 6. The summed E-state index contributed by atoms with van der Waals surface area (Å²) >= 11 is 0. The summed E-state index contributed by atoms with van der Waals surface area (Å²) in [6.07, 6.45) is 2.14. The van der Waals surface area contributed by atoms with Crippen molar-refractivity contribution >= 4 is 29.9 Å². The van der Waals surface area contributed by atoms with Crippen molar-refractivity contribution in [3.05, 3.63) is 35.4 Å². The van der Waals surface area contributed by atoms with E-state index in [1.165, 1.54) is 11.1 Å². The van der Waals surface area contributed by atoms with Gasteiger partial charge in [-0.3, -0.25) is 4.99 Å². The predicted octanol–water partition coefficient (Wildman–Crippen LogP) is 3.09. The molecule has 1 fully saturated rings. The molecule has 1 aliphatic heterocycles. The van der Waals surface area contributed by atoms with Crippen LogP contribution in [0, 0.1) is 12.8 Å². The largest absolute Gasteiger partial charge is 0.381 e. The molecule has 2 rings (SSSR count). The van der Waals surface area contributed by atoms with Crippen LogP contribution in [0.1, 0.15) is 24.5 Å². The smallest absolute Gasteiger partial charge is 0.193 e. The van der Waals surface area contributed by atoms with Crippen LogP contribution in [0.2, 0.25) is 0 Å². The molecule has 0 saturated carbocycles. The molecule has 1 unspecified atom stereocenters. The number of ether oxygens (including phenoxy) is 1. The Morgan fingerprint density at radius 1 is 1.35 bits per heavy atom. The molecule has 0 spiro atoms. The Bertz CT molecular complexity index is 470. The summed E-state index contributed by atoms with van der Waals surface area (Å²) in [5.41, 5.74) is 2.65. The van der Waals surface area contributed by atoms with Gasteiger partial charge in [-0.25, -0.2) is 0 Å². The van der Waals surface area contributed by atoms with E-state index in [-0.39, 0.29) is 24.0 Å². The van der Waals surface area contributed by atoms with E-state index in [9.17, 15) is 0 Å². The second-order valence-corrected chi connectivity index (χ2v) is 6.08. The molecule has 0 bridgehead atoms. The zero-order chi connectivity index (χ0) is 15.8. The molecule has 1 aromatic carbocycles. The monoisotopic (exact) mass is 431 g/mol. The molecule has 1 aliphatic rings. The Kier molecular flexibility index (Phi) is 9.55. The molecule has 1 heterocycles. The van der Waals surface area contributed by atoms with Gasteiger partial charge in [-0.2, -0.15) is 0 Å². The molecule has 130 valence electrons. The Morgan fingerprint density at radius 2 is 2.09 bits per heavy atom. The van der Waals surface area contributed by atoms with Gasteiger partial charge in [0.1, 0.15) is 0 Å². The van der Waals surface area contributed by atoms with Crippen molar-refractivity contribution < 1.29 is 4.74 Å². The van der Waals surface area contributed by atoms with Gasteiger partial charge < -0.3 is 15.0 Å². The summed E-state index contributed by atoms with van der Waals surface area (Å²) < 4.78 is 5.46.